The van der Waals surface area contributed by atoms with E-state index in [0.29, 0.717) is 19.4 Å². The summed E-state index contributed by atoms with van der Waals surface area (Å²) in [6, 6.07) is 15.9. The first-order chi connectivity index (χ1) is 16.8. The third kappa shape index (κ3) is 4.17. The van der Waals surface area contributed by atoms with E-state index >= 15 is 0 Å². The van der Waals surface area contributed by atoms with Crippen LogP contribution in [0.1, 0.15) is 56.6 Å². The lowest BCUT2D eigenvalue weighted by Crippen LogP contribution is -2.63. The van der Waals surface area contributed by atoms with Gasteiger partial charge in [0, 0.05) is 18.5 Å². The average molecular weight is 477 g/mol. The van der Waals surface area contributed by atoms with Crippen molar-refractivity contribution in [3.8, 4) is 11.1 Å². The van der Waals surface area contributed by atoms with Crippen LogP contribution < -0.4 is 5.32 Å². The molecule has 0 spiro atoms. The van der Waals surface area contributed by atoms with E-state index in [0.717, 1.165) is 35.1 Å². The van der Waals surface area contributed by atoms with Gasteiger partial charge in [-0.25, -0.2) is 4.79 Å². The number of hydrogen-bond acceptors (Lipinski definition) is 4. The van der Waals surface area contributed by atoms with Gasteiger partial charge >= 0.3 is 12.1 Å². The van der Waals surface area contributed by atoms with Crippen molar-refractivity contribution >= 4 is 18.0 Å². The van der Waals surface area contributed by atoms with Gasteiger partial charge in [-0.2, -0.15) is 0 Å². The number of nitrogens with zero attached hydrogens (tertiary/aromatic N) is 1. The molecule has 2 aromatic carbocycles. The Hall–Kier alpha value is -3.35. The van der Waals surface area contributed by atoms with Gasteiger partial charge in [-0.15, -0.1) is 0 Å². The molecule has 2 aliphatic carbocycles. The van der Waals surface area contributed by atoms with Gasteiger partial charge in [0.1, 0.15) is 12.1 Å². The summed E-state index contributed by atoms with van der Waals surface area (Å²) in [5.41, 5.74) is 3.45. The minimum Gasteiger partial charge on any atom is -0.481 e. The predicted octanol–water partition coefficient (Wildman–Crippen LogP) is 4.41. The molecule has 2 fully saturated rings. The molecule has 0 aromatic heterocycles. The molecule has 0 radical (unpaired) electrons. The Morgan fingerprint density at radius 1 is 1.03 bits per heavy atom. The van der Waals surface area contributed by atoms with Gasteiger partial charge in [0.15, 0.2) is 0 Å². The molecular weight excluding hydrogens is 444 g/mol. The number of likely N-dealkylation sites (tertiary alicyclic amines) is 1. The molecule has 5 rings (SSSR count). The van der Waals surface area contributed by atoms with Crippen molar-refractivity contribution in [3.05, 3.63) is 59.7 Å². The molecule has 3 unspecified atom stereocenters. The molecule has 7 nitrogen and oxygen atoms in total. The average Bonchev–Trinajstić information content (AvgIpc) is 3.66. The van der Waals surface area contributed by atoms with Crippen LogP contribution >= 0.6 is 0 Å². The first kappa shape index (κ1) is 23.4. The standard InChI is InChI=1S/C28H32N2O5/c1-17-19(25(31)32)12-7-15-30(17)26(33)28(2,18-13-14-18)29-27(34)35-16-24-22-10-5-3-8-20(22)21-9-4-6-11-23(21)24/h3-6,8-11,17-19,24H,7,12-16H2,1-2H3,(H,29,34)(H,31,32). The molecule has 2 N–H and O–H groups in total. The quantitative estimate of drug-likeness (QED) is 0.644. The topological polar surface area (TPSA) is 95.9 Å². The molecule has 184 valence electrons. The summed E-state index contributed by atoms with van der Waals surface area (Å²) in [5, 5.41) is 12.5. The number of nitrogens with one attached hydrogen (secondary N) is 1. The lowest BCUT2D eigenvalue weighted by atomic mass is 9.86. The minimum atomic E-state index is -1.11. The number of carbonyl (C=O) groups is 3. The molecule has 1 aliphatic heterocycles. The molecule has 3 aliphatic rings. The van der Waals surface area contributed by atoms with Crippen molar-refractivity contribution in [1.82, 2.24) is 10.2 Å². The van der Waals surface area contributed by atoms with Crippen molar-refractivity contribution in [2.45, 2.75) is 57.0 Å². The van der Waals surface area contributed by atoms with Gasteiger partial charge in [0.25, 0.3) is 0 Å². The lowest BCUT2D eigenvalue weighted by Gasteiger charge is -2.42. The summed E-state index contributed by atoms with van der Waals surface area (Å²) in [7, 11) is 0. The molecule has 3 atom stereocenters. The van der Waals surface area contributed by atoms with Crippen LogP contribution in [0, 0.1) is 11.8 Å². The van der Waals surface area contributed by atoms with Crippen LogP contribution in [0.15, 0.2) is 48.5 Å². The number of rotatable bonds is 6. The highest BCUT2D eigenvalue weighted by molar-refractivity contribution is 5.91. The van der Waals surface area contributed by atoms with Crippen molar-refractivity contribution < 1.29 is 24.2 Å². The van der Waals surface area contributed by atoms with E-state index in [-0.39, 0.29) is 24.3 Å². The minimum absolute atomic E-state index is 0.0212. The zero-order valence-corrected chi connectivity index (χ0v) is 20.2. The second kappa shape index (κ2) is 9.02. The summed E-state index contributed by atoms with van der Waals surface area (Å²) in [5.74, 6) is -1.73. The highest BCUT2D eigenvalue weighted by atomic mass is 16.5. The number of aliphatic carboxylic acids is 1. The first-order valence-corrected chi connectivity index (χ1v) is 12.5. The molecule has 2 amide bonds. The van der Waals surface area contributed by atoms with Crippen LogP contribution in [-0.2, 0) is 14.3 Å². The number of fused-ring (bicyclic) bond motifs is 3. The van der Waals surface area contributed by atoms with E-state index in [1.807, 2.05) is 24.3 Å². The Balaban J connectivity index is 1.30. The highest BCUT2D eigenvalue weighted by Gasteiger charge is 2.52. The third-order valence-corrected chi connectivity index (χ3v) is 8.11. The number of piperidine rings is 1. The molecule has 7 heteroatoms. The van der Waals surface area contributed by atoms with Crippen molar-refractivity contribution in [1.29, 1.82) is 0 Å². The van der Waals surface area contributed by atoms with Crippen molar-refractivity contribution in [2.75, 3.05) is 13.2 Å². The van der Waals surface area contributed by atoms with E-state index < -0.39 is 29.6 Å². The van der Waals surface area contributed by atoms with Gasteiger partial charge in [-0.1, -0.05) is 48.5 Å². The van der Waals surface area contributed by atoms with Crippen LogP contribution in [0.2, 0.25) is 0 Å². The van der Waals surface area contributed by atoms with Crippen molar-refractivity contribution in [3.63, 3.8) is 0 Å². The zero-order valence-electron chi connectivity index (χ0n) is 20.2. The molecule has 35 heavy (non-hydrogen) atoms. The first-order valence-electron chi connectivity index (χ1n) is 12.5. The Kier molecular flexibility index (Phi) is 6.03. The maximum atomic E-state index is 13.7. The number of benzene rings is 2. The molecule has 1 heterocycles. The van der Waals surface area contributed by atoms with Crippen LogP contribution in [0.25, 0.3) is 11.1 Å². The highest BCUT2D eigenvalue weighted by Crippen LogP contribution is 2.45. The smallest absolute Gasteiger partial charge is 0.408 e. The molecule has 1 saturated carbocycles. The summed E-state index contributed by atoms with van der Waals surface area (Å²) in [6.07, 6.45) is 2.26. The van der Waals surface area contributed by atoms with Gasteiger partial charge in [0.05, 0.1) is 5.92 Å². The summed E-state index contributed by atoms with van der Waals surface area (Å²) in [6.45, 7) is 4.22. The number of amides is 2. The fourth-order valence-corrected chi connectivity index (χ4v) is 5.90. The number of hydrogen-bond donors (Lipinski definition) is 2. The van der Waals surface area contributed by atoms with Crippen LogP contribution in [-0.4, -0.2) is 52.7 Å². The number of carbonyl (C=O) groups excluding carboxylic acids is 2. The largest absolute Gasteiger partial charge is 0.481 e. The van der Waals surface area contributed by atoms with Gasteiger partial charge in [-0.05, 0) is 67.7 Å². The van der Waals surface area contributed by atoms with Gasteiger partial charge < -0.3 is 20.1 Å². The maximum absolute atomic E-state index is 13.7. The molecular formula is C28H32N2O5. The van der Waals surface area contributed by atoms with E-state index in [9.17, 15) is 19.5 Å². The van der Waals surface area contributed by atoms with Crippen LogP contribution in [0.3, 0.4) is 0 Å². The fourth-order valence-electron chi connectivity index (χ4n) is 5.90. The molecule has 2 aromatic rings. The lowest BCUT2D eigenvalue weighted by molar-refractivity contribution is -0.152. The van der Waals surface area contributed by atoms with Crippen LogP contribution in [0.5, 0.6) is 0 Å². The SMILES string of the molecule is CC1C(C(=O)O)CCCN1C(=O)C(C)(NC(=O)OCC1c2ccccc2-c2ccccc21)C1CC1. The predicted molar refractivity (Wildman–Crippen MR) is 131 cm³/mol. The van der Waals surface area contributed by atoms with E-state index in [4.69, 9.17) is 4.74 Å². The number of ether oxygens (including phenoxy) is 1. The summed E-state index contributed by atoms with van der Waals surface area (Å²) < 4.78 is 5.72. The third-order valence-electron chi connectivity index (χ3n) is 8.11. The number of carboxylic acid groups (broad SMARTS) is 1. The Labute approximate surface area is 205 Å². The monoisotopic (exact) mass is 476 g/mol. The second-order valence-electron chi connectivity index (χ2n) is 10.3. The van der Waals surface area contributed by atoms with E-state index in [1.54, 1.807) is 18.7 Å². The number of carboxylic acids is 1. The fraction of sp³-hybridized carbons (Fsp3) is 0.464. The van der Waals surface area contributed by atoms with Crippen LogP contribution in [0.4, 0.5) is 4.79 Å². The van der Waals surface area contributed by atoms with Gasteiger partial charge in [0.2, 0.25) is 5.91 Å². The zero-order chi connectivity index (χ0) is 24.7. The normalized spacial score (nSPS) is 23.1. The second-order valence-corrected chi connectivity index (χ2v) is 10.3. The molecule has 1 saturated heterocycles. The summed E-state index contributed by atoms with van der Waals surface area (Å²) >= 11 is 0. The Morgan fingerprint density at radius 2 is 1.63 bits per heavy atom. The summed E-state index contributed by atoms with van der Waals surface area (Å²) in [4.78, 5) is 40.0. The van der Waals surface area contributed by atoms with E-state index in [2.05, 4.69) is 29.6 Å². The maximum Gasteiger partial charge on any atom is 0.408 e. The van der Waals surface area contributed by atoms with E-state index in [1.165, 1.54) is 0 Å². The van der Waals surface area contributed by atoms with Gasteiger partial charge in [-0.3, -0.25) is 9.59 Å². The Bertz CT molecular complexity index is 1110. The molecule has 0 bridgehead atoms. The van der Waals surface area contributed by atoms with Crippen molar-refractivity contribution in [2.24, 2.45) is 11.8 Å². The number of alkyl carbamates (subject to hydrolysis) is 1. The Morgan fingerprint density at radius 3 is 2.20 bits per heavy atom.